The molecule has 0 radical (unpaired) electrons. The van der Waals surface area contributed by atoms with E-state index in [1.54, 1.807) is 13.8 Å². The lowest BCUT2D eigenvalue weighted by Crippen LogP contribution is -2.21. The number of nitrogens with one attached hydrogen (secondary N) is 2. The molecule has 0 aliphatic heterocycles. The molecular formula is C42H50Cl2N10O5. The van der Waals surface area contributed by atoms with E-state index in [0.717, 1.165) is 65.1 Å². The fourth-order valence-electron chi connectivity index (χ4n) is 5.46. The van der Waals surface area contributed by atoms with Crippen molar-refractivity contribution in [2.24, 2.45) is 5.73 Å². The lowest BCUT2D eigenvalue weighted by molar-refractivity contribution is -0.142. The Morgan fingerprint density at radius 1 is 0.831 bits per heavy atom. The maximum Gasteiger partial charge on any atom is 0.341 e. The van der Waals surface area contributed by atoms with Gasteiger partial charge in [0.1, 0.15) is 39.6 Å². The van der Waals surface area contributed by atoms with E-state index in [4.69, 9.17) is 43.4 Å². The van der Waals surface area contributed by atoms with Gasteiger partial charge in [-0.25, -0.2) is 24.7 Å². The zero-order valence-corrected chi connectivity index (χ0v) is 35.5. The molecule has 0 atom stereocenters. The molecule has 0 bridgehead atoms. The van der Waals surface area contributed by atoms with E-state index in [2.05, 4.69) is 35.1 Å². The smallest absolute Gasteiger partial charge is 0.341 e. The molecule has 0 fully saturated rings. The number of aromatic nitrogens is 6. The van der Waals surface area contributed by atoms with Crippen LogP contribution in [0.4, 0.5) is 5.82 Å². The number of carbonyl (C=O) groups excluding carboxylic acids is 3. The number of halogens is 2. The van der Waals surface area contributed by atoms with Crippen LogP contribution < -0.4 is 11.1 Å². The van der Waals surface area contributed by atoms with Crippen molar-refractivity contribution in [1.82, 2.24) is 39.1 Å². The molecule has 7 rings (SSSR count). The number of fused-ring (bicyclic) bond motifs is 6. The Morgan fingerprint density at radius 2 is 1.53 bits per heavy atom. The largest absolute Gasteiger partial charge is 0.466 e. The van der Waals surface area contributed by atoms with E-state index < -0.39 is 0 Å². The maximum absolute atomic E-state index is 12.5. The molecule has 17 heteroatoms. The predicted octanol–water partition coefficient (Wildman–Crippen LogP) is 6.56. The third-order valence-electron chi connectivity index (χ3n) is 8.18. The summed E-state index contributed by atoms with van der Waals surface area (Å²) in [6.45, 7) is 7.75. The van der Waals surface area contributed by atoms with Gasteiger partial charge >= 0.3 is 11.9 Å². The van der Waals surface area contributed by atoms with Crippen LogP contribution in [-0.2, 0) is 20.7 Å². The summed E-state index contributed by atoms with van der Waals surface area (Å²) in [6, 6.07) is 24.2. The first-order valence-corrected chi connectivity index (χ1v) is 19.6. The van der Waals surface area contributed by atoms with Crippen molar-refractivity contribution < 1.29 is 23.9 Å². The summed E-state index contributed by atoms with van der Waals surface area (Å²) in [6.07, 6.45) is 0.828. The van der Waals surface area contributed by atoms with Crippen molar-refractivity contribution in [3.63, 3.8) is 0 Å². The molecule has 0 unspecified atom stereocenters. The number of hydrogen-bond acceptors (Lipinski definition) is 13. The van der Waals surface area contributed by atoms with Gasteiger partial charge in [-0.1, -0.05) is 47.5 Å². The Hall–Kier alpha value is -5.71. The van der Waals surface area contributed by atoms with Crippen molar-refractivity contribution in [2.45, 2.75) is 20.3 Å². The van der Waals surface area contributed by atoms with Gasteiger partial charge in [-0.2, -0.15) is 0 Å². The first-order valence-electron chi connectivity index (χ1n) is 18.9. The number of aldehydes is 1. The van der Waals surface area contributed by atoms with E-state index in [-0.39, 0.29) is 28.7 Å². The lowest BCUT2D eigenvalue weighted by Gasteiger charge is -2.12. The van der Waals surface area contributed by atoms with Crippen molar-refractivity contribution in [1.29, 1.82) is 0 Å². The number of benzene rings is 2. The molecule has 0 saturated carbocycles. The summed E-state index contributed by atoms with van der Waals surface area (Å²) >= 11 is 11.0. The number of pyridine rings is 3. The highest BCUT2D eigenvalue weighted by atomic mass is 35.5. The number of aromatic amines is 1. The zero-order chi connectivity index (χ0) is 42.9. The van der Waals surface area contributed by atoms with Gasteiger partial charge in [0, 0.05) is 31.6 Å². The molecule has 2 aromatic carbocycles. The molecule has 0 saturated heterocycles. The summed E-state index contributed by atoms with van der Waals surface area (Å²) in [5.74, 6) is 0.807. The molecule has 4 N–H and O–H groups in total. The Balaban J connectivity index is 0.000000206. The van der Waals surface area contributed by atoms with E-state index >= 15 is 0 Å². The second-order valence-electron chi connectivity index (χ2n) is 13.3. The molecule has 5 aromatic heterocycles. The average Bonchev–Trinajstić information content (AvgIpc) is 3.80. The minimum absolute atomic E-state index is 0.141. The third-order valence-corrected chi connectivity index (χ3v) is 8.69. The van der Waals surface area contributed by atoms with Crippen molar-refractivity contribution in [3.8, 4) is 0 Å². The number of para-hydroxylation sites is 4. The van der Waals surface area contributed by atoms with Gasteiger partial charge in [0.2, 0.25) is 0 Å². The van der Waals surface area contributed by atoms with Gasteiger partial charge in [0.25, 0.3) is 0 Å². The number of nitrogens with zero attached hydrogens (tertiary/aromatic N) is 7. The number of nitrogens with two attached hydrogens (primary N) is 1. The fraction of sp³-hybridized carbons (Fsp3) is 0.310. The van der Waals surface area contributed by atoms with Crippen LogP contribution in [0.2, 0.25) is 10.3 Å². The lowest BCUT2D eigenvalue weighted by atomic mass is 10.2. The van der Waals surface area contributed by atoms with Gasteiger partial charge in [0.15, 0.2) is 11.9 Å². The molecule has 7 aromatic rings. The number of esters is 2. The number of anilines is 1. The van der Waals surface area contributed by atoms with E-state index in [1.807, 2.05) is 99.3 Å². The van der Waals surface area contributed by atoms with Crippen LogP contribution in [0.25, 0.3) is 38.7 Å². The standard InChI is InChI=1S/C21H23N5O2.C11H12N2O2.C6H3Cl2NO.C4H12N2/c1-4-28-21(27)15-13-14-9-10-18(22-11-12-25(2)3)24-19(14)26-17-8-6-5-7-16(17)23-20(15)26;1-2-15-11(14)7-10-12-8-5-3-4-6-9(8)13-10;7-5-2-1-4(3-10)6(8)9-5;1-6(2)4-3-5/h5-10,13H,4,11-12H2,1-3H3,(H,22,24);3-6H,2,7H2,1H3,(H,12,13);1-3H;3-5H2,1-2H3. The highest BCUT2D eigenvalue weighted by Crippen LogP contribution is 2.27. The number of carbonyl (C=O) groups is 3. The van der Waals surface area contributed by atoms with Gasteiger partial charge in [-0.3, -0.25) is 14.0 Å². The molecule has 59 heavy (non-hydrogen) atoms. The summed E-state index contributed by atoms with van der Waals surface area (Å²) in [5, 5.41) is 4.64. The van der Waals surface area contributed by atoms with E-state index in [0.29, 0.717) is 42.1 Å². The second kappa shape index (κ2) is 23.0. The monoisotopic (exact) mass is 844 g/mol. The number of H-pyrrole nitrogens is 1. The minimum Gasteiger partial charge on any atom is -0.466 e. The van der Waals surface area contributed by atoms with Crippen molar-refractivity contribution >= 4 is 86.0 Å². The van der Waals surface area contributed by atoms with Crippen LogP contribution in [0.3, 0.4) is 0 Å². The SMILES string of the molecule is CCOC(=O)Cc1nc2ccccc2[nH]1.CCOC(=O)c1cc2ccc(NCCN(C)C)nc2n2c1nc1ccccc12.CN(C)CCN.O=Cc1ccc(Cl)nc1Cl. The molecule has 5 heterocycles. The quantitative estimate of drug-likeness (QED) is 0.0683. The first kappa shape index (κ1) is 46.0. The van der Waals surface area contributed by atoms with Crippen LogP contribution in [0.1, 0.15) is 40.4 Å². The van der Waals surface area contributed by atoms with Gasteiger partial charge in [0.05, 0.1) is 40.8 Å². The summed E-state index contributed by atoms with van der Waals surface area (Å²) in [5.41, 5.74) is 10.8. The fourth-order valence-corrected chi connectivity index (χ4v) is 5.85. The molecule has 0 aliphatic carbocycles. The summed E-state index contributed by atoms with van der Waals surface area (Å²) in [4.78, 5) is 58.6. The molecular weight excluding hydrogens is 795 g/mol. The Kier molecular flexibility index (Phi) is 17.9. The topological polar surface area (TPSA) is 186 Å². The first-order chi connectivity index (χ1) is 28.4. The van der Waals surface area contributed by atoms with Crippen molar-refractivity contribution in [3.05, 3.63) is 106 Å². The number of hydrogen-bond donors (Lipinski definition) is 3. The van der Waals surface area contributed by atoms with E-state index in [9.17, 15) is 14.4 Å². The molecule has 0 spiro atoms. The maximum atomic E-state index is 12.5. The molecule has 0 amide bonds. The molecule has 312 valence electrons. The second-order valence-corrected chi connectivity index (χ2v) is 14.0. The molecule has 15 nitrogen and oxygen atoms in total. The Morgan fingerprint density at radius 3 is 2.15 bits per heavy atom. The Labute approximate surface area is 352 Å². The van der Waals surface area contributed by atoms with Crippen LogP contribution in [0.15, 0.2) is 78.9 Å². The molecule has 0 aliphatic rings. The van der Waals surface area contributed by atoms with E-state index in [1.165, 1.54) is 12.1 Å². The van der Waals surface area contributed by atoms with Crippen LogP contribution >= 0.6 is 23.2 Å². The van der Waals surface area contributed by atoms with Crippen LogP contribution in [0.5, 0.6) is 0 Å². The van der Waals surface area contributed by atoms with Gasteiger partial charge in [-0.05, 0) is 96.6 Å². The van der Waals surface area contributed by atoms with Gasteiger partial charge in [-0.15, -0.1) is 0 Å². The summed E-state index contributed by atoms with van der Waals surface area (Å²) in [7, 11) is 8.08. The van der Waals surface area contributed by atoms with Gasteiger partial charge < -0.3 is 35.3 Å². The highest BCUT2D eigenvalue weighted by Gasteiger charge is 2.19. The number of imidazole rings is 2. The normalized spacial score (nSPS) is 10.8. The van der Waals surface area contributed by atoms with Crippen LogP contribution in [0, 0.1) is 0 Å². The van der Waals surface area contributed by atoms with Crippen molar-refractivity contribution in [2.75, 3.05) is 72.9 Å². The number of likely N-dealkylation sites (N-methyl/N-ethyl adjacent to an activating group) is 2. The minimum atomic E-state index is -0.377. The number of rotatable bonds is 12. The predicted molar refractivity (Wildman–Crippen MR) is 235 cm³/mol. The summed E-state index contributed by atoms with van der Waals surface area (Å²) < 4.78 is 12.0. The third kappa shape index (κ3) is 13.4. The average molecular weight is 846 g/mol. The zero-order valence-electron chi connectivity index (χ0n) is 34.0. The Bertz CT molecular complexity index is 2440. The number of ether oxygens (including phenoxy) is 2. The van der Waals surface area contributed by atoms with Crippen LogP contribution in [-0.4, -0.2) is 125 Å². The highest BCUT2D eigenvalue weighted by molar-refractivity contribution is 6.33.